The van der Waals surface area contributed by atoms with Gasteiger partial charge >= 0.3 is 10.2 Å². The molecule has 0 N–H and O–H groups in total. The van der Waals surface area contributed by atoms with Crippen LogP contribution in [0.2, 0.25) is 0 Å². The van der Waals surface area contributed by atoms with Gasteiger partial charge in [0.1, 0.15) is 5.25 Å². The smallest absolute Gasteiger partial charge is 0.307 e. The van der Waals surface area contributed by atoms with Crippen LogP contribution in [0.4, 0.5) is 3.89 Å². The fraction of sp³-hybridized carbons (Fsp3) is 1.00. The molecule has 1 saturated carbocycles. The van der Waals surface area contributed by atoms with Crippen molar-refractivity contribution < 1.29 is 17.0 Å². The van der Waals surface area contributed by atoms with Crippen molar-refractivity contribution in [3.8, 4) is 0 Å². The van der Waals surface area contributed by atoms with Gasteiger partial charge < -0.3 is 4.74 Å². The van der Waals surface area contributed by atoms with E-state index in [2.05, 4.69) is 0 Å². The topological polar surface area (TPSA) is 43.4 Å². The Bertz CT molecular complexity index is 270. The number of ether oxygens (including phenoxy) is 1. The molecule has 0 aromatic carbocycles. The summed E-state index contributed by atoms with van der Waals surface area (Å²) in [6, 6.07) is 0. The summed E-state index contributed by atoms with van der Waals surface area (Å²) in [7, 11) is -4.37. The molecule has 2 rings (SSSR count). The Morgan fingerprint density at radius 3 is 2.42 bits per heavy atom. The molecule has 3 nitrogen and oxygen atoms in total. The molecule has 12 heavy (non-hydrogen) atoms. The van der Waals surface area contributed by atoms with Crippen molar-refractivity contribution in [2.45, 2.75) is 30.6 Å². The minimum Gasteiger partial charge on any atom is -0.376 e. The molecule has 1 aliphatic heterocycles. The normalized spacial score (nSPS) is 37.1. The maximum atomic E-state index is 12.4. The zero-order valence-corrected chi connectivity index (χ0v) is 7.39. The van der Waals surface area contributed by atoms with Crippen molar-refractivity contribution in [2.75, 3.05) is 6.61 Å². The van der Waals surface area contributed by atoms with Gasteiger partial charge in [-0.05, 0) is 25.2 Å². The fourth-order valence-corrected chi connectivity index (χ4v) is 2.28. The van der Waals surface area contributed by atoms with Crippen LogP contribution in [0.25, 0.3) is 0 Å². The van der Waals surface area contributed by atoms with E-state index in [1.54, 1.807) is 0 Å². The van der Waals surface area contributed by atoms with Crippen LogP contribution in [-0.2, 0) is 15.0 Å². The molecule has 1 aliphatic carbocycles. The van der Waals surface area contributed by atoms with Gasteiger partial charge in [-0.25, -0.2) is 0 Å². The molecule has 70 valence electrons. The van der Waals surface area contributed by atoms with Gasteiger partial charge in [-0.2, -0.15) is 8.42 Å². The monoisotopic (exact) mass is 194 g/mol. The number of halogens is 1. The Morgan fingerprint density at radius 1 is 1.33 bits per heavy atom. The van der Waals surface area contributed by atoms with E-state index in [4.69, 9.17) is 4.74 Å². The lowest BCUT2D eigenvalue weighted by atomic mass is 10.2. The van der Waals surface area contributed by atoms with Crippen molar-refractivity contribution >= 4 is 10.2 Å². The maximum Gasteiger partial charge on any atom is 0.307 e. The Hall–Kier alpha value is -0.160. The second-order valence-electron chi connectivity index (χ2n) is 3.54. The Balaban J connectivity index is 1.97. The van der Waals surface area contributed by atoms with Gasteiger partial charge in [0.2, 0.25) is 0 Å². The molecule has 1 saturated heterocycles. The molecule has 0 radical (unpaired) electrons. The third-order valence-corrected chi connectivity index (χ3v) is 3.66. The fourth-order valence-electron chi connectivity index (χ4n) is 1.62. The van der Waals surface area contributed by atoms with Gasteiger partial charge in [0, 0.05) is 0 Å². The van der Waals surface area contributed by atoms with Crippen molar-refractivity contribution in [1.29, 1.82) is 0 Å². The van der Waals surface area contributed by atoms with Gasteiger partial charge in [0.15, 0.2) is 0 Å². The Morgan fingerprint density at radius 2 is 2.00 bits per heavy atom. The molecule has 0 amide bonds. The lowest BCUT2D eigenvalue weighted by Crippen LogP contribution is -2.17. The van der Waals surface area contributed by atoms with E-state index < -0.39 is 15.5 Å². The molecule has 0 spiro atoms. The summed E-state index contributed by atoms with van der Waals surface area (Å²) in [5.74, 6) is 0.497. The molecule has 2 unspecified atom stereocenters. The minimum absolute atomic E-state index is 0.000486. The van der Waals surface area contributed by atoms with E-state index in [0.29, 0.717) is 12.3 Å². The first-order chi connectivity index (χ1) is 5.57. The van der Waals surface area contributed by atoms with E-state index in [1.807, 2.05) is 0 Å². The van der Waals surface area contributed by atoms with E-state index in [-0.39, 0.29) is 12.7 Å². The molecule has 0 aromatic rings. The minimum atomic E-state index is -4.37. The van der Waals surface area contributed by atoms with E-state index in [0.717, 1.165) is 12.8 Å². The Labute approximate surface area is 71.1 Å². The third-order valence-electron chi connectivity index (χ3n) is 2.54. The van der Waals surface area contributed by atoms with Crippen LogP contribution in [0.3, 0.4) is 0 Å². The lowest BCUT2D eigenvalue weighted by molar-refractivity contribution is 0.0943. The largest absolute Gasteiger partial charge is 0.376 e. The number of hydrogen-bond donors (Lipinski definition) is 0. The Kier molecular flexibility index (Phi) is 1.88. The lowest BCUT2D eigenvalue weighted by Gasteiger charge is -2.04. The van der Waals surface area contributed by atoms with Crippen LogP contribution < -0.4 is 0 Å². The predicted octanol–water partition coefficient (Wildman–Crippen LogP) is 0.853. The molecular weight excluding hydrogens is 183 g/mol. The highest BCUT2D eigenvalue weighted by molar-refractivity contribution is 7.87. The van der Waals surface area contributed by atoms with Crippen LogP contribution in [0.1, 0.15) is 19.3 Å². The first-order valence-electron chi connectivity index (χ1n) is 4.12. The van der Waals surface area contributed by atoms with E-state index in [9.17, 15) is 12.3 Å². The summed E-state index contributed by atoms with van der Waals surface area (Å²) in [4.78, 5) is 0. The standard InChI is InChI=1S/C7H11FO3S/c8-12(9,10)6-3-7(11-4-6)5-1-2-5/h5-7H,1-4H2. The van der Waals surface area contributed by atoms with Gasteiger partial charge in [-0.15, -0.1) is 3.89 Å². The molecule has 2 aliphatic rings. The summed E-state index contributed by atoms with van der Waals surface area (Å²) < 4.78 is 38.6. The van der Waals surface area contributed by atoms with Crippen LogP contribution >= 0.6 is 0 Å². The SMILES string of the molecule is O=S(=O)(F)C1COC(C2CC2)C1. The van der Waals surface area contributed by atoms with Crippen LogP contribution in [0.15, 0.2) is 0 Å². The zero-order valence-electron chi connectivity index (χ0n) is 6.57. The summed E-state index contributed by atoms with van der Waals surface area (Å²) >= 11 is 0. The van der Waals surface area contributed by atoms with Gasteiger partial charge in [-0.3, -0.25) is 0 Å². The predicted molar refractivity (Wildman–Crippen MR) is 40.9 cm³/mol. The van der Waals surface area contributed by atoms with Gasteiger partial charge in [0.25, 0.3) is 0 Å². The first-order valence-corrected chi connectivity index (χ1v) is 5.57. The zero-order chi connectivity index (χ0) is 8.77. The molecular formula is C7H11FO3S. The van der Waals surface area contributed by atoms with Crippen LogP contribution in [-0.4, -0.2) is 26.4 Å². The van der Waals surface area contributed by atoms with E-state index in [1.165, 1.54) is 0 Å². The summed E-state index contributed by atoms with van der Waals surface area (Å²) in [5.41, 5.74) is 0. The van der Waals surface area contributed by atoms with Crippen molar-refractivity contribution in [3.63, 3.8) is 0 Å². The van der Waals surface area contributed by atoms with Crippen LogP contribution in [0, 0.1) is 5.92 Å². The second-order valence-corrected chi connectivity index (χ2v) is 5.16. The maximum absolute atomic E-state index is 12.4. The molecule has 1 heterocycles. The molecule has 2 fully saturated rings. The summed E-state index contributed by atoms with van der Waals surface area (Å²) in [5, 5.41) is -0.900. The molecule has 0 aromatic heterocycles. The third kappa shape index (κ3) is 1.61. The first kappa shape index (κ1) is 8.44. The van der Waals surface area contributed by atoms with Gasteiger partial charge in [-0.1, -0.05) is 0 Å². The summed E-state index contributed by atoms with van der Waals surface area (Å²) in [6.07, 6.45) is 2.55. The quantitative estimate of drug-likeness (QED) is 0.612. The highest BCUT2D eigenvalue weighted by Gasteiger charge is 2.42. The number of hydrogen-bond acceptors (Lipinski definition) is 3. The molecule has 0 bridgehead atoms. The summed E-state index contributed by atoms with van der Waals surface area (Å²) in [6.45, 7) is 0.0417. The molecule has 5 heteroatoms. The van der Waals surface area contributed by atoms with Crippen molar-refractivity contribution in [2.24, 2.45) is 5.92 Å². The highest BCUT2D eigenvalue weighted by Crippen LogP contribution is 2.39. The average Bonchev–Trinajstić information content (AvgIpc) is 2.66. The van der Waals surface area contributed by atoms with Crippen molar-refractivity contribution in [1.82, 2.24) is 0 Å². The van der Waals surface area contributed by atoms with E-state index >= 15 is 0 Å². The van der Waals surface area contributed by atoms with Crippen LogP contribution in [0.5, 0.6) is 0 Å². The second kappa shape index (κ2) is 2.67. The van der Waals surface area contributed by atoms with Gasteiger partial charge in [0.05, 0.1) is 12.7 Å². The number of rotatable bonds is 2. The highest BCUT2D eigenvalue weighted by atomic mass is 32.3. The average molecular weight is 194 g/mol. The molecule has 2 atom stereocenters. The van der Waals surface area contributed by atoms with Crippen molar-refractivity contribution in [3.05, 3.63) is 0 Å².